The van der Waals surface area contributed by atoms with Crippen molar-refractivity contribution in [2.75, 3.05) is 0 Å². The first-order valence-corrected chi connectivity index (χ1v) is 6.29. The van der Waals surface area contributed by atoms with Crippen molar-refractivity contribution in [1.29, 1.82) is 0 Å². The van der Waals surface area contributed by atoms with Crippen molar-refractivity contribution in [2.24, 2.45) is 0 Å². The molecule has 100 valence electrons. The second-order valence-electron chi connectivity index (χ2n) is 4.37. The Morgan fingerprint density at radius 2 is 1.75 bits per heavy atom. The molecule has 0 fully saturated rings. The topological polar surface area (TPSA) is 62.5 Å². The van der Waals surface area contributed by atoms with Crippen molar-refractivity contribution in [3.63, 3.8) is 0 Å². The second kappa shape index (κ2) is 4.58. The Bertz CT molecular complexity index is 856. The molecule has 0 spiro atoms. The number of rotatable bonds is 1. The Kier molecular flexibility index (Phi) is 2.88. The molecule has 0 radical (unpaired) electrons. The monoisotopic (exact) mass is 287 g/mol. The third kappa shape index (κ3) is 1.82. The Morgan fingerprint density at radius 3 is 2.45 bits per heavy atom. The average molecular weight is 288 g/mol. The van der Waals surface area contributed by atoms with Crippen LogP contribution in [0.5, 0.6) is 5.75 Å². The van der Waals surface area contributed by atoms with E-state index >= 15 is 0 Å². The van der Waals surface area contributed by atoms with Crippen molar-refractivity contribution in [3.05, 3.63) is 63.8 Å². The standard InChI is InChI=1S/C15H10ClNO3/c16-10-6-7-12-11(8-10)14(18)15(19)13(17(12)20)9-4-2-1-3-5-9/h1-8,19-20H. The molecule has 0 atom stereocenters. The van der Waals surface area contributed by atoms with E-state index < -0.39 is 11.2 Å². The molecule has 5 heteroatoms. The van der Waals surface area contributed by atoms with Crippen LogP contribution in [-0.2, 0) is 0 Å². The normalized spacial score (nSPS) is 10.8. The zero-order valence-corrected chi connectivity index (χ0v) is 11.0. The number of hydrogen-bond donors (Lipinski definition) is 2. The van der Waals surface area contributed by atoms with Gasteiger partial charge in [-0.25, -0.2) is 0 Å². The molecule has 1 heterocycles. The van der Waals surface area contributed by atoms with Gasteiger partial charge < -0.3 is 10.3 Å². The Morgan fingerprint density at radius 1 is 1.05 bits per heavy atom. The zero-order valence-electron chi connectivity index (χ0n) is 10.2. The van der Waals surface area contributed by atoms with E-state index in [9.17, 15) is 15.1 Å². The van der Waals surface area contributed by atoms with Gasteiger partial charge in [0.05, 0.1) is 10.9 Å². The average Bonchev–Trinajstić information content (AvgIpc) is 2.46. The van der Waals surface area contributed by atoms with E-state index in [4.69, 9.17) is 11.6 Å². The molecule has 0 unspecified atom stereocenters. The number of benzene rings is 2. The molecule has 4 nitrogen and oxygen atoms in total. The molecule has 0 aliphatic heterocycles. The predicted molar refractivity (Wildman–Crippen MR) is 77.5 cm³/mol. The van der Waals surface area contributed by atoms with E-state index in [-0.39, 0.29) is 16.6 Å². The maximum atomic E-state index is 12.2. The largest absolute Gasteiger partial charge is 0.503 e. The predicted octanol–water partition coefficient (Wildman–Crippen LogP) is 3.26. The zero-order chi connectivity index (χ0) is 14.3. The SMILES string of the molecule is O=c1c(O)c(-c2ccccc2)n(O)c2ccc(Cl)cc12. The lowest BCUT2D eigenvalue weighted by molar-refractivity contribution is 0.200. The van der Waals surface area contributed by atoms with Gasteiger partial charge in [0.25, 0.3) is 0 Å². The first-order valence-electron chi connectivity index (χ1n) is 5.91. The van der Waals surface area contributed by atoms with Crippen molar-refractivity contribution in [1.82, 2.24) is 4.73 Å². The molecule has 0 aliphatic rings. The molecule has 0 saturated carbocycles. The summed E-state index contributed by atoms with van der Waals surface area (Å²) in [6.07, 6.45) is 0. The van der Waals surface area contributed by atoms with Gasteiger partial charge in [-0.1, -0.05) is 41.9 Å². The summed E-state index contributed by atoms with van der Waals surface area (Å²) >= 11 is 5.84. The number of fused-ring (bicyclic) bond motifs is 1. The molecule has 0 saturated heterocycles. The summed E-state index contributed by atoms with van der Waals surface area (Å²) in [5.41, 5.74) is 0.328. The van der Waals surface area contributed by atoms with Gasteiger partial charge in [-0.3, -0.25) is 4.79 Å². The van der Waals surface area contributed by atoms with Gasteiger partial charge >= 0.3 is 0 Å². The van der Waals surface area contributed by atoms with E-state index in [1.165, 1.54) is 12.1 Å². The smallest absolute Gasteiger partial charge is 0.231 e. The van der Waals surface area contributed by atoms with Gasteiger partial charge in [-0.15, -0.1) is 0 Å². The molecule has 3 aromatic rings. The Labute approximate surface area is 119 Å². The van der Waals surface area contributed by atoms with E-state index in [0.717, 1.165) is 4.73 Å². The summed E-state index contributed by atoms with van der Waals surface area (Å²) in [5, 5.41) is 20.9. The summed E-state index contributed by atoms with van der Waals surface area (Å²) in [6, 6.07) is 13.2. The quantitative estimate of drug-likeness (QED) is 0.675. The molecule has 0 amide bonds. The molecule has 1 aromatic heterocycles. The third-order valence-electron chi connectivity index (χ3n) is 3.13. The van der Waals surface area contributed by atoms with E-state index in [2.05, 4.69) is 0 Å². The summed E-state index contributed by atoms with van der Waals surface area (Å²) in [7, 11) is 0. The maximum absolute atomic E-state index is 12.2. The van der Waals surface area contributed by atoms with Gasteiger partial charge in [0, 0.05) is 10.6 Å². The van der Waals surface area contributed by atoms with Crippen LogP contribution in [0.2, 0.25) is 5.02 Å². The lowest BCUT2D eigenvalue weighted by Crippen LogP contribution is -2.11. The fourth-order valence-corrected chi connectivity index (χ4v) is 2.36. The van der Waals surface area contributed by atoms with Crippen LogP contribution in [0.4, 0.5) is 0 Å². The van der Waals surface area contributed by atoms with Crippen LogP contribution < -0.4 is 5.43 Å². The summed E-state index contributed by atoms with van der Waals surface area (Å²) in [6.45, 7) is 0. The van der Waals surface area contributed by atoms with Gasteiger partial charge in [0.15, 0.2) is 5.75 Å². The fourth-order valence-electron chi connectivity index (χ4n) is 2.19. The number of nitrogens with zero attached hydrogens (tertiary/aromatic N) is 1. The lowest BCUT2D eigenvalue weighted by Gasteiger charge is -2.12. The van der Waals surface area contributed by atoms with Gasteiger partial charge in [0.2, 0.25) is 5.43 Å². The van der Waals surface area contributed by atoms with Gasteiger partial charge in [-0.05, 0) is 18.2 Å². The van der Waals surface area contributed by atoms with Crippen LogP contribution in [0.1, 0.15) is 0 Å². The first kappa shape index (κ1) is 12.6. The van der Waals surface area contributed by atoms with E-state index in [1.807, 2.05) is 0 Å². The molecule has 3 rings (SSSR count). The van der Waals surface area contributed by atoms with E-state index in [1.54, 1.807) is 36.4 Å². The van der Waals surface area contributed by atoms with Crippen molar-refractivity contribution in [2.45, 2.75) is 0 Å². The number of aromatic hydroxyl groups is 1. The minimum Gasteiger partial charge on any atom is -0.503 e. The highest BCUT2D eigenvalue weighted by Crippen LogP contribution is 2.29. The summed E-state index contributed by atoms with van der Waals surface area (Å²) < 4.78 is 0.803. The molecule has 2 aromatic carbocycles. The van der Waals surface area contributed by atoms with Crippen LogP contribution in [-0.4, -0.2) is 15.0 Å². The Hall–Kier alpha value is -2.46. The second-order valence-corrected chi connectivity index (χ2v) is 4.80. The molecule has 20 heavy (non-hydrogen) atoms. The molecule has 2 N–H and O–H groups in total. The molecule has 0 bridgehead atoms. The number of halogens is 1. The fraction of sp³-hybridized carbons (Fsp3) is 0. The summed E-state index contributed by atoms with van der Waals surface area (Å²) in [4.78, 5) is 12.2. The van der Waals surface area contributed by atoms with Crippen molar-refractivity contribution >= 4 is 22.5 Å². The number of hydrogen-bond acceptors (Lipinski definition) is 3. The Balaban J connectivity index is 2.46. The van der Waals surface area contributed by atoms with Gasteiger partial charge in [-0.2, -0.15) is 4.73 Å². The minimum absolute atomic E-state index is 0.0606. The molecular formula is C15H10ClNO3. The van der Waals surface area contributed by atoms with Crippen LogP contribution in [0, 0.1) is 0 Å². The lowest BCUT2D eigenvalue weighted by atomic mass is 10.1. The van der Waals surface area contributed by atoms with Crippen LogP contribution in [0.15, 0.2) is 53.3 Å². The highest BCUT2D eigenvalue weighted by atomic mass is 35.5. The molecule has 0 aliphatic carbocycles. The summed E-state index contributed by atoms with van der Waals surface area (Å²) in [5.74, 6) is -0.506. The number of pyridine rings is 1. The van der Waals surface area contributed by atoms with Gasteiger partial charge in [0.1, 0.15) is 5.69 Å². The van der Waals surface area contributed by atoms with Crippen molar-refractivity contribution < 1.29 is 10.3 Å². The van der Waals surface area contributed by atoms with Crippen LogP contribution >= 0.6 is 11.6 Å². The molecular weight excluding hydrogens is 278 g/mol. The third-order valence-corrected chi connectivity index (χ3v) is 3.36. The van der Waals surface area contributed by atoms with Crippen molar-refractivity contribution in [3.8, 4) is 17.0 Å². The maximum Gasteiger partial charge on any atom is 0.231 e. The van der Waals surface area contributed by atoms with Crippen LogP contribution in [0.3, 0.4) is 0 Å². The van der Waals surface area contributed by atoms with E-state index in [0.29, 0.717) is 10.6 Å². The van der Waals surface area contributed by atoms with Crippen LogP contribution in [0.25, 0.3) is 22.2 Å². The number of aromatic nitrogens is 1. The highest BCUT2D eigenvalue weighted by Gasteiger charge is 2.17. The minimum atomic E-state index is -0.563. The highest BCUT2D eigenvalue weighted by molar-refractivity contribution is 6.31. The first-order chi connectivity index (χ1) is 9.59.